The maximum absolute atomic E-state index is 12.7. The fourth-order valence-electron chi connectivity index (χ4n) is 2.99. The lowest BCUT2D eigenvalue weighted by molar-refractivity contribution is 0.0865. The van der Waals surface area contributed by atoms with E-state index in [2.05, 4.69) is 11.4 Å². The Labute approximate surface area is 151 Å². The topological polar surface area (TPSA) is 73.1 Å². The van der Waals surface area contributed by atoms with E-state index in [0.717, 1.165) is 35.5 Å². The Morgan fingerprint density at radius 1 is 1.04 bits per heavy atom. The second kappa shape index (κ2) is 8.19. The van der Waals surface area contributed by atoms with Crippen LogP contribution in [-0.4, -0.2) is 23.2 Å². The van der Waals surface area contributed by atoms with E-state index in [1.807, 2.05) is 42.5 Å². The number of carbonyl (C=O) groups is 1. The summed E-state index contributed by atoms with van der Waals surface area (Å²) in [5, 5.41) is 21.9. The minimum Gasteiger partial charge on any atom is -0.393 e. The molecule has 0 spiro atoms. The lowest BCUT2D eigenvalue weighted by Crippen LogP contribution is -2.38. The summed E-state index contributed by atoms with van der Waals surface area (Å²) in [4.78, 5) is 14.4. The van der Waals surface area contributed by atoms with Crippen molar-refractivity contribution in [1.82, 2.24) is 5.32 Å². The predicted molar refractivity (Wildman–Crippen MR) is 97.5 cm³/mol. The molecule has 4 nitrogen and oxygen atoms in total. The molecule has 0 bridgehead atoms. The van der Waals surface area contributed by atoms with Crippen LogP contribution in [0.25, 0.3) is 0 Å². The Morgan fingerprint density at radius 3 is 2.40 bits per heavy atom. The van der Waals surface area contributed by atoms with Crippen molar-refractivity contribution in [1.29, 1.82) is 5.26 Å². The third-order valence-corrected chi connectivity index (χ3v) is 5.54. The van der Waals surface area contributed by atoms with Gasteiger partial charge in [0, 0.05) is 15.8 Å². The number of rotatable bonds is 4. The number of benzene rings is 2. The molecule has 0 radical (unpaired) electrons. The quantitative estimate of drug-likeness (QED) is 0.879. The van der Waals surface area contributed by atoms with Gasteiger partial charge in [-0.1, -0.05) is 36.0 Å². The number of aliphatic hydroxyl groups is 1. The second-order valence-corrected chi connectivity index (χ2v) is 7.27. The number of nitriles is 1. The number of aliphatic hydroxyl groups excluding tert-OH is 1. The molecule has 2 aromatic carbocycles. The number of carbonyl (C=O) groups excluding carboxylic acids is 1. The third kappa shape index (κ3) is 4.41. The summed E-state index contributed by atoms with van der Waals surface area (Å²) in [5.41, 5.74) is 1.22. The monoisotopic (exact) mass is 352 g/mol. The van der Waals surface area contributed by atoms with Crippen molar-refractivity contribution in [2.45, 2.75) is 47.6 Å². The van der Waals surface area contributed by atoms with Crippen LogP contribution in [0.2, 0.25) is 0 Å². The zero-order valence-corrected chi connectivity index (χ0v) is 14.6. The normalized spacial score (nSPS) is 19.8. The van der Waals surface area contributed by atoms with Crippen LogP contribution in [-0.2, 0) is 0 Å². The first-order valence-corrected chi connectivity index (χ1v) is 9.24. The summed E-state index contributed by atoms with van der Waals surface area (Å²) in [5.74, 6) is -0.0982. The van der Waals surface area contributed by atoms with Gasteiger partial charge < -0.3 is 10.4 Å². The number of amides is 1. The summed E-state index contributed by atoms with van der Waals surface area (Å²) in [6, 6.07) is 17.1. The Kier molecular flexibility index (Phi) is 5.75. The molecule has 0 aromatic heterocycles. The fraction of sp³-hybridized carbons (Fsp3) is 0.300. The lowest BCUT2D eigenvalue weighted by Gasteiger charge is -2.26. The maximum atomic E-state index is 12.7. The van der Waals surface area contributed by atoms with Gasteiger partial charge in [0.1, 0.15) is 6.07 Å². The van der Waals surface area contributed by atoms with Crippen LogP contribution in [0.15, 0.2) is 58.3 Å². The molecule has 0 unspecified atom stereocenters. The average Bonchev–Trinajstić information content (AvgIpc) is 2.64. The van der Waals surface area contributed by atoms with E-state index in [1.54, 1.807) is 6.07 Å². The molecule has 0 saturated heterocycles. The van der Waals surface area contributed by atoms with Gasteiger partial charge in [-0.3, -0.25) is 4.79 Å². The van der Waals surface area contributed by atoms with Crippen LogP contribution in [0.5, 0.6) is 0 Å². The Hall–Kier alpha value is -2.29. The van der Waals surface area contributed by atoms with E-state index in [0.29, 0.717) is 11.1 Å². The smallest absolute Gasteiger partial charge is 0.252 e. The molecule has 1 saturated carbocycles. The van der Waals surface area contributed by atoms with E-state index < -0.39 is 0 Å². The zero-order valence-electron chi connectivity index (χ0n) is 13.8. The molecular formula is C20H20N2O2S. The summed E-state index contributed by atoms with van der Waals surface area (Å²) in [6.45, 7) is 0. The highest BCUT2D eigenvalue weighted by atomic mass is 32.2. The third-order valence-electron chi connectivity index (χ3n) is 4.39. The number of nitrogens with one attached hydrogen (secondary N) is 1. The molecule has 1 amide bonds. The largest absolute Gasteiger partial charge is 0.393 e. The van der Waals surface area contributed by atoms with Crippen molar-refractivity contribution in [3.8, 4) is 6.07 Å². The van der Waals surface area contributed by atoms with Gasteiger partial charge in [0.15, 0.2) is 0 Å². The predicted octanol–water partition coefficient (Wildman–Crippen LogP) is 3.74. The Morgan fingerprint density at radius 2 is 1.68 bits per heavy atom. The molecule has 2 N–H and O–H groups in total. The van der Waals surface area contributed by atoms with Crippen molar-refractivity contribution in [3.63, 3.8) is 0 Å². The van der Waals surface area contributed by atoms with Crippen LogP contribution in [0, 0.1) is 11.3 Å². The molecule has 25 heavy (non-hydrogen) atoms. The van der Waals surface area contributed by atoms with Crippen LogP contribution in [0.4, 0.5) is 0 Å². The SMILES string of the molecule is N#Cc1ccccc1Sc1ccccc1C(=O)NC1CCC(O)CC1. The molecule has 3 rings (SSSR count). The van der Waals surface area contributed by atoms with Gasteiger partial charge in [0.2, 0.25) is 0 Å². The average molecular weight is 352 g/mol. The minimum atomic E-state index is -0.238. The zero-order chi connectivity index (χ0) is 17.6. The number of nitrogens with zero attached hydrogens (tertiary/aromatic N) is 1. The second-order valence-electron chi connectivity index (χ2n) is 6.19. The van der Waals surface area contributed by atoms with E-state index >= 15 is 0 Å². The van der Waals surface area contributed by atoms with Gasteiger partial charge in [-0.2, -0.15) is 5.26 Å². The first-order chi connectivity index (χ1) is 12.2. The fourth-order valence-corrected chi connectivity index (χ4v) is 4.02. The van der Waals surface area contributed by atoms with Crippen LogP contribution in [0.3, 0.4) is 0 Å². The summed E-state index contributed by atoms with van der Waals surface area (Å²) >= 11 is 1.43. The number of hydrogen-bond acceptors (Lipinski definition) is 4. The highest BCUT2D eigenvalue weighted by molar-refractivity contribution is 7.99. The van der Waals surface area contributed by atoms with E-state index in [4.69, 9.17) is 0 Å². The van der Waals surface area contributed by atoms with Gasteiger partial charge in [-0.05, 0) is 49.9 Å². The molecule has 1 aliphatic carbocycles. The highest BCUT2D eigenvalue weighted by Gasteiger charge is 2.22. The Balaban J connectivity index is 1.76. The van der Waals surface area contributed by atoms with Gasteiger partial charge >= 0.3 is 0 Å². The molecule has 2 aromatic rings. The van der Waals surface area contributed by atoms with Crippen molar-refractivity contribution in [2.75, 3.05) is 0 Å². The van der Waals surface area contributed by atoms with Crippen molar-refractivity contribution < 1.29 is 9.90 Å². The van der Waals surface area contributed by atoms with E-state index in [-0.39, 0.29) is 18.1 Å². The lowest BCUT2D eigenvalue weighted by atomic mass is 9.93. The van der Waals surface area contributed by atoms with E-state index in [1.165, 1.54) is 11.8 Å². The minimum absolute atomic E-state index is 0.0982. The first kappa shape index (κ1) is 17.5. The van der Waals surface area contributed by atoms with Crippen LogP contribution >= 0.6 is 11.8 Å². The van der Waals surface area contributed by atoms with Gasteiger partial charge in [0.25, 0.3) is 5.91 Å². The van der Waals surface area contributed by atoms with Crippen LogP contribution < -0.4 is 5.32 Å². The maximum Gasteiger partial charge on any atom is 0.252 e. The molecule has 0 heterocycles. The summed E-state index contributed by atoms with van der Waals surface area (Å²) in [6.07, 6.45) is 2.84. The standard InChI is InChI=1S/C20H20N2O2S/c21-13-14-5-1-3-7-18(14)25-19-8-4-2-6-17(19)20(24)22-15-9-11-16(23)12-10-15/h1-8,15-16,23H,9-12H2,(H,22,24). The van der Waals surface area contributed by atoms with Crippen molar-refractivity contribution in [3.05, 3.63) is 59.7 Å². The van der Waals surface area contributed by atoms with Crippen molar-refractivity contribution >= 4 is 17.7 Å². The van der Waals surface area contributed by atoms with Gasteiger partial charge in [0.05, 0.1) is 17.2 Å². The molecular weight excluding hydrogens is 332 g/mol. The van der Waals surface area contributed by atoms with E-state index in [9.17, 15) is 15.2 Å². The van der Waals surface area contributed by atoms with Gasteiger partial charge in [-0.15, -0.1) is 0 Å². The first-order valence-electron chi connectivity index (χ1n) is 8.42. The Bertz CT molecular complexity index is 792. The molecule has 0 aliphatic heterocycles. The molecule has 0 atom stereocenters. The molecule has 5 heteroatoms. The highest BCUT2D eigenvalue weighted by Crippen LogP contribution is 2.32. The van der Waals surface area contributed by atoms with Gasteiger partial charge in [-0.25, -0.2) is 0 Å². The summed E-state index contributed by atoms with van der Waals surface area (Å²) < 4.78 is 0. The molecule has 1 aliphatic rings. The summed E-state index contributed by atoms with van der Waals surface area (Å²) in [7, 11) is 0. The van der Waals surface area contributed by atoms with Crippen LogP contribution in [0.1, 0.15) is 41.6 Å². The molecule has 128 valence electrons. The molecule has 1 fully saturated rings. The van der Waals surface area contributed by atoms with Crippen molar-refractivity contribution in [2.24, 2.45) is 0 Å². The number of hydrogen-bond donors (Lipinski definition) is 2.